The Labute approximate surface area is 196 Å². The van der Waals surface area contributed by atoms with Gasteiger partial charge in [0.25, 0.3) is 0 Å². The first kappa shape index (κ1) is 19.1. The summed E-state index contributed by atoms with van der Waals surface area (Å²) in [6.07, 6.45) is 3.78. The predicted molar refractivity (Wildman–Crippen MR) is 140 cm³/mol. The molecule has 0 atom stereocenters. The van der Waals surface area contributed by atoms with Crippen LogP contribution in [0.3, 0.4) is 0 Å². The number of furan rings is 1. The highest BCUT2D eigenvalue weighted by atomic mass is 16.3. The van der Waals surface area contributed by atoms with E-state index < -0.39 is 0 Å². The lowest BCUT2D eigenvalue weighted by atomic mass is 10.0. The molecule has 3 aromatic heterocycles. The molecule has 0 amide bonds. The molecule has 3 heteroatoms. The van der Waals surface area contributed by atoms with Gasteiger partial charge in [-0.2, -0.15) is 0 Å². The van der Waals surface area contributed by atoms with Gasteiger partial charge in [-0.05, 0) is 78.6 Å². The van der Waals surface area contributed by atoms with Crippen LogP contribution in [0.1, 0.15) is 11.1 Å². The van der Waals surface area contributed by atoms with Crippen LogP contribution < -0.4 is 0 Å². The minimum absolute atomic E-state index is 0.843. The Morgan fingerprint density at radius 3 is 2.21 bits per heavy atom. The summed E-state index contributed by atoms with van der Waals surface area (Å²) in [7, 11) is 0. The minimum atomic E-state index is 0.843. The first-order valence-corrected chi connectivity index (χ1v) is 11.7. The number of pyridine rings is 1. The zero-order chi connectivity index (χ0) is 22.5. The lowest BCUT2D eigenvalue weighted by molar-refractivity contribution is 0.668. The van der Waals surface area contributed by atoms with Crippen LogP contribution in [0.25, 0.3) is 49.6 Å². The Morgan fingerprint density at radius 1 is 0.588 bits per heavy atom. The molecule has 162 valence electrons. The van der Waals surface area contributed by atoms with E-state index >= 15 is 0 Å². The second-order valence-electron chi connectivity index (χ2n) is 8.82. The van der Waals surface area contributed by atoms with E-state index in [4.69, 9.17) is 4.42 Å². The number of fused-ring (bicyclic) bond motifs is 6. The summed E-state index contributed by atoms with van der Waals surface area (Å²) in [4.78, 5) is 4.52. The molecule has 3 nitrogen and oxygen atoms in total. The fourth-order valence-corrected chi connectivity index (χ4v) is 5.12. The predicted octanol–water partition coefficient (Wildman–Crippen LogP) is 7.86. The molecule has 34 heavy (non-hydrogen) atoms. The smallest absolute Gasteiger partial charge is 0.153 e. The standard InChI is InChI=1S/C31H22N2O/c1-2-7-23(8-3-1)33-27-10-5-4-9-24(27)25-19-21(14-16-28(25)33)12-13-22-15-17-29-26(20-22)31-30(34-29)11-6-18-32-31/h1-11,14-20H,12-13H2. The fourth-order valence-electron chi connectivity index (χ4n) is 5.12. The third-order valence-electron chi connectivity index (χ3n) is 6.74. The Hall–Kier alpha value is -4.37. The van der Waals surface area contributed by atoms with Crippen LogP contribution in [0.4, 0.5) is 0 Å². The van der Waals surface area contributed by atoms with Crippen LogP contribution in [0.15, 0.2) is 114 Å². The van der Waals surface area contributed by atoms with Crippen molar-refractivity contribution in [2.75, 3.05) is 0 Å². The number of aromatic nitrogens is 2. The van der Waals surface area contributed by atoms with E-state index in [0.717, 1.165) is 34.9 Å². The molecule has 7 aromatic rings. The lowest BCUT2D eigenvalue weighted by Crippen LogP contribution is -1.94. The summed E-state index contributed by atoms with van der Waals surface area (Å²) in [5, 5.41) is 3.69. The van der Waals surface area contributed by atoms with Crippen LogP contribution in [0.2, 0.25) is 0 Å². The first-order valence-electron chi connectivity index (χ1n) is 11.7. The molecule has 0 N–H and O–H groups in total. The summed E-state index contributed by atoms with van der Waals surface area (Å²) < 4.78 is 8.29. The van der Waals surface area contributed by atoms with Crippen molar-refractivity contribution in [1.29, 1.82) is 0 Å². The normalized spacial score (nSPS) is 11.8. The van der Waals surface area contributed by atoms with Crippen LogP contribution in [-0.2, 0) is 12.8 Å². The zero-order valence-electron chi connectivity index (χ0n) is 18.6. The van der Waals surface area contributed by atoms with Gasteiger partial charge in [-0.15, -0.1) is 0 Å². The second kappa shape index (κ2) is 7.60. The molecule has 4 aromatic carbocycles. The molecule has 0 bridgehead atoms. The number of nitrogens with zero attached hydrogens (tertiary/aromatic N) is 2. The number of hydrogen-bond acceptors (Lipinski definition) is 2. The van der Waals surface area contributed by atoms with Gasteiger partial charge < -0.3 is 8.98 Å². The van der Waals surface area contributed by atoms with Gasteiger partial charge in [0.15, 0.2) is 5.58 Å². The maximum absolute atomic E-state index is 5.93. The van der Waals surface area contributed by atoms with Crippen LogP contribution in [0, 0.1) is 0 Å². The van der Waals surface area contributed by atoms with E-state index in [2.05, 4.69) is 101 Å². The Kier molecular flexibility index (Phi) is 4.28. The molecule has 0 aliphatic rings. The topological polar surface area (TPSA) is 31.0 Å². The zero-order valence-corrected chi connectivity index (χ0v) is 18.6. The average molecular weight is 439 g/mol. The van der Waals surface area contributed by atoms with Crippen molar-refractivity contribution >= 4 is 43.9 Å². The fraction of sp³-hybridized carbons (Fsp3) is 0.0645. The molecule has 0 unspecified atom stereocenters. The molecular weight excluding hydrogens is 416 g/mol. The van der Waals surface area contributed by atoms with Crippen molar-refractivity contribution in [3.05, 3.63) is 120 Å². The van der Waals surface area contributed by atoms with E-state index in [9.17, 15) is 0 Å². The maximum Gasteiger partial charge on any atom is 0.153 e. The lowest BCUT2D eigenvalue weighted by Gasteiger charge is -2.08. The molecular formula is C31H22N2O. The van der Waals surface area contributed by atoms with Crippen LogP contribution >= 0.6 is 0 Å². The molecule has 0 radical (unpaired) electrons. The molecule has 0 aliphatic heterocycles. The molecule has 0 fully saturated rings. The molecule has 0 spiro atoms. The SMILES string of the molecule is c1ccc(-n2c3ccccc3c3cc(CCc4ccc5oc6cccnc6c5c4)ccc32)cc1. The van der Waals surface area contributed by atoms with Gasteiger partial charge in [0.05, 0.1) is 11.0 Å². The molecule has 0 aliphatic carbocycles. The summed E-state index contributed by atoms with van der Waals surface area (Å²) >= 11 is 0. The van der Waals surface area contributed by atoms with Gasteiger partial charge in [-0.1, -0.05) is 48.5 Å². The minimum Gasteiger partial charge on any atom is -0.454 e. The van der Waals surface area contributed by atoms with Crippen molar-refractivity contribution in [2.24, 2.45) is 0 Å². The molecule has 0 saturated heterocycles. The van der Waals surface area contributed by atoms with E-state index in [0.29, 0.717) is 0 Å². The van der Waals surface area contributed by atoms with Crippen LogP contribution in [-0.4, -0.2) is 9.55 Å². The van der Waals surface area contributed by atoms with Crippen molar-refractivity contribution in [2.45, 2.75) is 12.8 Å². The molecule has 3 heterocycles. The highest BCUT2D eigenvalue weighted by Crippen LogP contribution is 2.33. The van der Waals surface area contributed by atoms with Gasteiger partial charge in [0.2, 0.25) is 0 Å². The van der Waals surface area contributed by atoms with Crippen molar-refractivity contribution < 1.29 is 4.42 Å². The molecule has 0 saturated carbocycles. The number of rotatable bonds is 4. The van der Waals surface area contributed by atoms with Gasteiger partial charge in [0.1, 0.15) is 11.1 Å². The first-order chi connectivity index (χ1) is 16.8. The summed E-state index contributed by atoms with van der Waals surface area (Å²) in [6.45, 7) is 0. The van der Waals surface area contributed by atoms with Gasteiger partial charge in [-0.25, -0.2) is 0 Å². The third kappa shape index (κ3) is 3.01. The average Bonchev–Trinajstić information content (AvgIpc) is 3.43. The third-order valence-corrected chi connectivity index (χ3v) is 6.74. The van der Waals surface area contributed by atoms with Gasteiger partial charge >= 0.3 is 0 Å². The number of hydrogen-bond donors (Lipinski definition) is 0. The van der Waals surface area contributed by atoms with Crippen LogP contribution in [0.5, 0.6) is 0 Å². The van der Waals surface area contributed by atoms with E-state index in [1.165, 1.54) is 38.6 Å². The number of para-hydroxylation sites is 2. The van der Waals surface area contributed by atoms with E-state index in [1.807, 2.05) is 18.3 Å². The van der Waals surface area contributed by atoms with Crippen molar-refractivity contribution in [3.8, 4) is 5.69 Å². The Bertz CT molecular complexity index is 1810. The summed E-state index contributed by atoms with van der Waals surface area (Å²) in [5.41, 5.74) is 9.00. The molecule has 7 rings (SSSR count). The van der Waals surface area contributed by atoms with E-state index in [-0.39, 0.29) is 0 Å². The maximum atomic E-state index is 5.93. The second-order valence-corrected chi connectivity index (χ2v) is 8.82. The number of benzene rings is 4. The van der Waals surface area contributed by atoms with Crippen molar-refractivity contribution in [1.82, 2.24) is 9.55 Å². The quantitative estimate of drug-likeness (QED) is 0.280. The Balaban J connectivity index is 1.27. The highest BCUT2D eigenvalue weighted by Gasteiger charge is 2.13. The summed E-state index contributed by atoms with van der Waals surface area (Å²) in [5.74, 6) is 0. The number of aryl methyl sites for hydroxylation is 2. The highest BCUT2D eigenvalue weighted by molar-refractivity contribution is 6.09. The largest absolute Gasteiger partial charge is 0.454 e. The van der Waals surface area contributed by atoms with Gasteiger partial charge in [0, 0.05) is 28.0 Å². The van der Waals surface area contributed by atoms with Crippen molar-refractivity contribution in [3.63, 3.8) is 0 Å². The Morgan fingerprint density at radius 2 is 1.32 bits per heavy atom. The van der Waals surface area contributed by atoms with Gasteiger partial charge in [-0.3, -0.25) is 4.98 Å². The monoisotopic (exact) mass is 438 g/mol. The summed E-state index contributed by atoms with van der Waals surface area (Å²) in [6, 6.07) is 36.6. The van der Waals surface area contributed by atoms with E-state index in [1.54, 1.807) is 0 Å².